The van der Waals surface area contributed by atoms with Crippen LogP contribution >= 0.6 is 0 Å². The average Bonchev–Trinajstić information content (AvgIpc) is 2.19. The van der Waals surface area contributed by atoms with Gasteiger partial charge >= 0.3 is 0 Å². The summed E-state index contributed by atoms with van der Waals surface area (Å²) in [7, 11) is 0. The van der Waals surface area contributed by atoms with Crippen molar-refractivity contribution in [3.05, 3.63) is 35.9 Å². The molecule has 0 aliphatic carbocycles. The fraction of sp³-hybridized carbons (Fsp3) is 0.455. The topological polar surface area (TPSA) is 58.3 Å². The molecule has 0 fully saturated rings. The SMILES string of the molecule is CC(O)(CNCCN)c1ccccc1. The van der Waals surface area contributed by atoms with Gasteiger partial charge in [0.1, 0.15) is 0 Å². The Morgan fingerprint density at radius 1 is 1.36 bits per heavy atom. The van der Waals surface area contributed by atoms with Gasteiger partial charge in [0.05, 0.1) is 5.60 Å². The van der Waals surface area contributed by atoms with Crippen molar-refractivity contribution in [2.45, 2.75) is 12.5 Å². The van der Waals surface area contributed by atoms with Crippen LogP contribution in [0.4, 0.5) is 0 Å². The molecule has 0 saturated heterocycles. The average molecular weight is 194 g/mol. The maximum Gasteiger partial charge on any atom is 0.0992 e. The molecule has 0 radical (unpaired) electrons. The molecular weight excluding hydrogens is 176 g/mol. The summed E-state index contributed by atoms with van der Waals surface area (Å²) in [5.41, 5.74) is 5.45. The van der Waals surface area contributed by atoms with Crippen LogP contribution in [0.5, 0.6) is 0 Å². The lowest BCUT2D eigenvalue weighted by Crippen LogP contribution is -2.37. The van der Waals surface area contributed by atoms with E-state index >= 15 is 0 Å². The van der Waals surface area contributed by atoms with Crippen LogP contribution in [0.3, 0.4) is 0 Å². The third-order valence-electron chi connectivity index (χ3n) is 2.19. The summed E-state index contributed by atoms with van der Waals surface area (Å²) in [6.45, 7) is 3.63. The van der Waals surface area contributed by atoms with Crippen molar-refractivity contribution in [2.24, 2.45) is 5.73 Å². The minimum atomic E-state index is -0.823. The highest BCUT2D eigenvalue weighted by Crippen LogP contribution is 2.18. The van der Waals surface area contributed by atoms with Gasteiger partial charge in [-0.1, -0.05) is 30.3 Å². The second kappa shape index (κ2) is 5.10. The monoisotopic (exact) mass is 194 g/mol. The number of rotatable bonds is 5. The molecule has 3 nitrogen and oxygen atoms in total. The first-order valence-corrected chi connectivity index (χ1v) is 4.85. The molecule has 1 unspecified atom stereocenters. The molecule has 1 atom stereocenters. The van der Waals surface area contributed by atoms with Crippen LogP contribution in [0.1, 0.15) is 12.5 Å². The highest BCUT2D eigenvalue weighted by atomic mass is 16.3. The summed E-state index contributed by atoms with van der Waals surface area (Å²) in [5.74, 6) is 0. The van der Waals surface area contributed by atoms with E-state index in [9.17, 15) is 5.11 Å². The molecule has 0 bridgehead atoms. The molecule has 0 saturated carbocycles. The number of hydrogen-bond donors (Lipinski definition) is 3. The number of hydrogen-bond acceptors (Lipinski definition) is 3. The highest BCUT2D eigenvalue weighted by molar-refractivity contribution is 5.21. The minimum Gasteiger partial charge on any atom is -0.384 e. The van der Waals surface area contributed by atoms with Gasteiger partial charge in [0, 0.05) is 19.6 Å². The van der Waals surface area contributed by atoms with E-state index in [-0.39, 0.29) is 0 Å². The first kappa shape index (κ1) is 11.2. The van der Waals surface area contributed by atoms with Crippen LogP contribution in [0, 0.1) is 0 Å². The second-order valence-electron chi connectivity index (χ2n) is 3.61. The Hall–Kier alpha value is -0.900. The van der Waals surface area contributed by atoms with Crippen LogP contribution in [0.25, 0.3) is 0 Å². The lowest BCUT2D eigenvalue weighted by molar-refractivity contribution is 0.0574. The summed E-state index contributed by atoms with van der Waals surface area (Å²) >= 11 is 0. The van der Waals surface area contributed by atoms with Crippen LogP contribution < -0.4 is 11.1 Å². The number of benzene rings is 1. The molecule has 14 heavy (non-hydrogen) atoms. The van der Waals surface area contributed by atoms with E-state index in [2.05, 4.69) is 5.32 Å². The fourth-order valence-electron chi connectivity index (χ4n) is 1.33. The Labute approximate surface area is 84.9 Å². The van der Waals surface area contributed by atoms with Gasteiger partial charge in [0.25, 0.3) is 0 Å². The predicted molar refractivity (Wildman–Crippen MR) is 57.9 cm³/mol. The lowest BCUT2D eigenvalue weighted by Gasteiger charge is -2.24. The molecule has 0 aromatic heterocycles. The second-order valence-corrected chi connectivity index (χ2v) is 3.61. The van der Waals surface area contributed by atoms with E-state index < -0.39 is 5.60 Å². The van der Waals surface area contributed by atoms with Crippen LogP contribution in [0.15, 0.2) is 30.3 Å². The molecule has 4 N–H and O–H groups in total. The summed E-state index contributed by atoms with van der Waals surface area (Å²) < 4.78 is 0. The Bertz CT molecular complexity index is 259. The Morgan fingerprint density at radius 3 is 2.57 bits per heavy atom. The fourth-order valence-corrected chi connectivity index (χ4v) is 1.33. The Morgan fingerprint density at radius 2 is 2.00 bits per heavy atom. The van der Waals surface area contributed by atoms with Gasteiger partial charge in [0.15, 0.2) is 0 Å². The molecule has 1 rings (SSSR count). The normalized spacial score (nSPS) is 15.1. The van der Waals surface area contributed by atoms with Gasteiger partial charge < -0.3 is 16.2 Å². The van der Waals surface area contributed by atoms with E-state index in [1.165, 1.54) is 0 Å². The standard InChI is InChI=1S/C11H18N2O/c1-11(14,9-13-8-7-12)10-5-3-2-4-6-10/h2-6,13-14H,7-9,12H2,1H3. The van der Waals surface area contributed by atoms with Crippen molar-refractivity contribution in [1.29, 1.82) is 0 Å². The minimum absolute atomic E-state index is 0.522. The highest BCUT2D eigenvalue weighted by Gasteiger charge is 2.21. The maximum atomic E-state index is 10.1. The van der Waals surface area contributed by atoms with Crippen LogP contribution in [0.2, 0.25) is 0 Å². The summed E-state index contributed by atoms with van der Waals surface area (Å²) in [5, 5.41) is 13.2. The molecular formula is C11H18N2O. The molecule has 0 spiro atoms. The van der Waals surface area contributed by atoms with E-state index in [1.54, 1.807) is 6.92 Å². The molecule has 0 aliphatic rings. The molecule has 0 amide bonds. The van der Waals surface area contributed by atoms with Gasteiger partial charge in [0.2, 0.25) is 0 Å². The van der Waals surface area contributed by atoms with Gasteiger partial charge in [-0.15, -0.1) is 0 Å². The zero-order valence-corrected chi connectivity index (χ0v) is 8.53. The molecule has 1 aromatic carbocycles. The van der Waals surface area contributed by atoms with E-state index in [0.717, 1.165) is 12.1 Å². The molecule has 1 aromatic rings. The summed E-state index contributed by atoms with van der Waals surface area (Å²) in [6.07, 6.45) is 0. The van der Waals surface area contributed by atoms with Crippen LogP contribution in [-0.4, -0.2) is 24.7 Å². The van der Waals surface area contributed by atoms with Crippen molar-refractivity contribution in [2.75, 3.05) is 19.6 Å². The van der Waals surface area contributed by atoms with E-state index in [1.807, 2.05) is 30.3 Å². The van der Waals surface area contributed by atoms with Crippen LogP contribution in [-0.2, 0) is 5.60 Å². The Kier molecular flexibility index (Phi) is 4.07. The zero-order chi connectivity index (χ0) is 10.4. The van der Waals surface area contributed by atoms with Gasteiger partial charge in [-0.25, -0.2) is 0 Å². The van der Waals surface area contributed by atoms with E-state index in [4.69, 9.17) is 5.73 Å². The van der Waals surface area contributed by atoms with E-state index in [0.29, 0.717) is 13.1 Å². The third kappa shape index (κ3) is 3.10. The summed E-state index contributed by atoms with van der Waals surface area (Å²) in [4.78, 5) is 0. The third-order valence-corrected chi connectivity index (χ3v) is 2.19. The van der Waals surface area contributed by atoms with Gasteiger partial charge in [-0.05, 0) is 12.5 Å². The molecule has 0 aliphatic heterocycles. The zero-order valence-electron chi connectivity index (χ0n) is 8.53. The molecule has 3 heteroatoms. The Balaban J connectivity index is 2.56. The largest absolute Gasteiger partial charge is 0.384 e. The molecule has 0 heterocycles. The predicted octanol–water partition coefficient (Wildman–Crippen LogP) is 0.442. The van der Waals surface area contributed by atoms with Crippen molar-refractivity contribution in [1.82, 2.24) is 5.32 Å². The first-order chi connectivity index (χ1) is 6.67. The first-order valence-electron chi connectivity index (χ1n) is 4.85. The quantitative estimate of drug-likeness (QED) is 0.596. The number of nitrogens with two attached hydrogens (primary N) is 1. The maximum absolute atomic E-state index is 10.1. The molecule has 78 valence electrons. The lowest BCUT2D eigenvalue weighted by atomic mass is 9.96. The summed E-state index contributed by atoms with van der Waals surface area (Å²) in [6, 6.07) is 9.63. The van der Waals surface area contributed by atoms with Gasteiger partial charge in [-0.2, -0.15) is 0 Å². The van der Waals surface area contributed by atoms with Crippen molar-refractivity contribution >= 4 is 0 Å². The number of aliphatic hydroxyl groups is 1. The van der Waals surface area contributed by atoms with Gasteiger partial charge in [-0.3, -0.25) is 0 Å². The smallest absolute Gasteiger partial charge is 0.0992 e. The van der Waals surface area contributed by atoms with Crippen molar-refractivity contribution in [3.8, 4) is 0 Å². The van der Waals surface area contributed by atoms with Crippen molar-refractivity contribution < 1.29 is 5.11 Å². The number of nitrogens with one attached hydrogen (secondary N) is 1. The van der Waals surface area contributed by atoms with Crippen molar-refractivity contribution in [3.63, 3.8) is 0 Å².